The molecule has 0 spiro atoms. The van der Waals surface area contributed by atoms with Crippen LogP contribution in [0.3, 0.4) is 0 Å². The average molecular weight is 463 g/mol. The van der Waals surface area contributed by atoms with Crippen LogP contribution in [0, 0.1) is 11.8 Å². The molecule has 2 heterocycles. The summed E-state index contributed by atoms with van der Waals surface area (Å²) in [6.45, 7) is 0.125. The molecule has 0 radical (unpaired) electrons. The molecule has 31 heavy (non-hydrogen) atoms. The number of aromatic nitrogens is 1. The van der Waals surface area contributed by atoms with E-state index in [1.54, 1.807) is 6.07 Å². The zero-order chi connectivity index (χ0) is 22.0. The number of benzene rings is 1. The molecule has 1 aromatic carbocycles. The molecule has 1 amide bonds. The van der Waals surface area contributed by atoms with Gasteiger partial charge in [-0.05, 0) is 30.7 Å². The summed E-state index contributed by atoms with van der Waals surface area (Å²) in [5.41, 5.74) is 0.150. The van der Waals surface area contributed by atoms with Crippen LogP contribution in [0.4, 0.5) is 0 Å². The van der Waals surface area contributed by atoms with Crippen LogP contribution in [-0.2, 0) is 15.0 Å². The first-order chi connectivity index (χ1) is 14.9. The predicted octanol–water partition coefficient (Wildman–Crippen LogP) is 4.25. The lowest BCUT2D eigenvalue weighted by atomic mass is 9.63. The number of thiazole rings is 1. The summed E-state index contributed by atoms with van der Waals surface area (Å²) < 4.78 is 0. The van der Waals surface area contributed by atoms with Gasteiger partial charge in [-0.2, -0.15) is 0 Å². The molecule has 0 unspecified atom stereocenters. The van der Waals surface area contributed by atoms with Gasteiger partial charge in [-0.15, -0.1) is 11.3 Å². The van der Waals surface area contributed by atoms with Crippen LogP contribution in [0.5, 0.6) is 0 Å². The summed E-state index contributed by atoms with van der Waals surface area (Å²) >= 11 is 7.69. The zero-order valence-corrected chi connectivity index (χ0v) is 18.8. The van der Waals surface area contributed by atoms with E-state index in [0.29, 0.717) is 28.6 Å². The second kappa shape index (κ2) is 9.27. The van der Waals surface area contributed by atoms with Crippen molar-refractivity contribution in [1.82, 2.24) is 10.3 Å². The fourth-order valence-corrected chi connectivity index (χ4v) is 6.62. The van der Waals surface area contributed by atoms with Crippen molar-refractivity contribution in [3.8, 4) is 11.3 Å². The third kappa shape index (κ3) is 4.36. The molecule has 6 nitrogen and oxygen atoms in total. The van der Waals surface area contributed by atoms with E-state index in [-0.39, 0.29) is 30.7 Å². The highest BCUT2D eigenvalue weighted by molar-refractivity contribution is 7.10. The maximum Gasteiger partial charge on any atom is 0.304 e. The van der Waals surface area contributed by atoms with Gasteiger partial charge in [0.15, 0.2) is 0 Å². The van der Waals surface area contributed by atoms with E-state index in [9.17, 15) is 19.8 Å². The molecule has 3 N–H and O–H groups in total. The molecule has 1 saturated carbocycles. The molecule has 2 fully saturated rings. The van der Waals surface area contributed by atoms with Gasteiger partial charge in [0.1, 0.15) is 10.4 Å². The van der Waals surface area contributed by atoms with Crippen LogP contribution in [0.2, 0.25) is 5.02 Å². The molecule has 8 heteroatoms. The summed E-state index contributed by atoms with van der Waals surface area (Å²) in [5.74, 6) is -1.31. The Hall–Kier alpha value is -1.96. The number of carbonyl (C=O) groups excluding carboxylic acids is 1. The molecular weight excluding hydrogens is 436 g/mol. The monoisotopic (exact) mass is 462 g/mol. The Kier molecular flexibility index (Phi) is 6.65. The Balaban J connectivity index is 1.84. The minimum absolute atomic E-state index is 0.125. The lowest BCUT2D eigenvalue weighted by Crippen LogP contribution is -2.55. The number of β-amino-alcohol motifs (C(OH)–C–C–N with tert-alkyl or cyclic N) is 1. The first-order valence-electron chi connectivity index (χ1n) is 10.8. The number of aliphatic carboxylic acids is 1. The number of carboxylic acid groups (broad SMARTS) is 1. The van der Waals surface area contributed by atoms with E-state index in [1.165, 1.54) is 11.3 Å². The third-order valence-electron chi connectivity index (χ3n) is 6.78. The Morgan fingerprint density at radius 3 is 2.68 bits per heavy atom. The van der Waals surface area contributed by atoms with Gasteiger partial charge in [-0.1, -0.05) is 55.5 Å². The van der Waals surface area contributed by atoms with Gasteiger partial charge in [0.2, 0.25) is 5.91 Å². The molecule has 3 atom stereocenters. The van der Waals surface area contributed by atoms with Gasteiger partial charge in [0.25, 0.3) is 0 Å². The van der Waals surface area contributed by atoms with E-state index in [0.717, 1.165) is 31.2 Å². The highest BCUT2D eigenvalue weighted by Gasteiger charge is 2.54. The summed E-state index contributed by atoms with van der Waals surface area (Å²) in [5, 5.41) is 25.9. The summed E-state index contributed by atoms with van der Waals surface area (Å²) in [6.07, 6.45) is 4.31. The number of carboxylic acids is 1. The average Bonchev–Trinajstić information content (AvgIpc) is 3.43. The number of rotatable bonds is 5. The Morgan fingerprint density at radius 1 is 1.23 bits per heavy atom. The Bertz CT molecular complexity index is 959. The molecular formula is C23H27ClN2O4S. The van der Waals surface area contributed by atoms with Crippen LogP contribution in [0.15, 0.2) is 29.6 Å². The number of aliphatic hydroxyl groups excluding tert-OH is 1. The van der Waals surface area contributed by atoms with Crippen molar-refractivity contribution in [2.24, 2.45) is 11.8 Å². The highest BCUT2D eigenvalue weighted by atomic mass is 35.5. The van der Waals surface area contributed by atoms with E-state index in [1.807, 2.05) is 23.6 Å². The van der Waals surface area contributed by atoms with Crippen molar-refractivity contribution in [2.75, 3.05) is 6.54 Å². The summed E-state index contributed by atoms with van der Waals surface area (Å²) in [4.78, 5) is 30.5. The molecule has 2 aliphatic rings. The molecule has 1 aliphatic carbocycles. The van der Waals surface area contributed by atoms with Crippen LogP contribution >= 0.6 is 22.9 Å². The topological polar surface area (TPSA) is 99.5 Å². The van der Waals surface area contributed by atoms with Gasteiger partial charge in [0.05, 0.1) is 18.2 Å². The number of nitrogens with one attached hydrogen (secondary N) is 1. The van der Waals surface area contributed by atoms with Crippen molar-refractivity contribution in [3.05, 3.63) is 39.7 Å². The van der Waals surface area contributed by atoms with E-state index < -0.39 is 17.5 Å². The normalized spacial score (nSPS) is 27.5. The molecule has 1 aromatic heterocycles. The maximum absolute atomic E-state index is 13.6. The Labute approximate surface area is 190 Å². The summed E-state index contributed by atoms with van der Waals surface area (Å²) in [7, 11) is 0. The van der Waals surface area contributed by atoms with E-state index in [2.05, 4.69) is 5.32 Å². The van der Waals surface area contributed by atoms with Crippen molar-refractivity contribution >= 4 is 34.8 Å². The predicted molar refractivity (Wildman–Crippen MR) is 120 cm³/mol. The lowest BCUT2D eigenvalue weighted by molar-refractivity contribution is -0.145. The largest absolute Gasteiger partial charge is 0.481 e. The number of hydrogen-bond acceptors (Lipinski definition) is 5. The number of carbonyl (C=O) groups is 2. The second-order valence-corrected chi connectivity index (χ2v) is 9.92. The number of amides is 1. The van der Waals surface area contributed by atoms with Crippen molar-refractivity contribution in [3.63, 3.8) is 0 Å². The first-order valence-corrected chi connectivity index (χ1v) is 12.1. The summed E-state index contributed by atoms with van der Waals surface area (Å²) in [6, 6.07) is 7.37. The van der Waals surface area contributed by atoms with E-state index in [4.69, 9.17) is 16.6 Å². The quantitative estimate of drug-likeness (QED) is 0.616. The molecule has 166 valence electrons. The standard InChI is InChI=1S/C23H27ClN2O4S/c24-18-8-4-3-7-16(18)19-13-31-22(26-19)23(11-20(28)29)17(14-5-1-2-6-14)10-9-15(27)12-25-21(23)30/h3-4,7-8,13-15,17,27H,1-2,5-6,9-12H2,(H,25,30)(H,28,29)/t15-,17+,23-/m0/s1. The molecule has 1 aliphatic heterocycles. The van der Waals surface area contributed by atoms with Gasteiger partial charge in [-0.3, -0.25) is 9.59 Å². The smallest absolute Gasteiger partial charge is 0.304 e. The number of aliphatic hydroxyl groups is 1. The number of halogens is 1. The SMILES string of the molecule is O=C(O)C[C@@]1(c2nc(-c3ccccc3Cl)cs2)C(=O)NC[C@@H](O)CC[C@@H]1C1CCCC1. The van der Waals surface area contributed by atoms with Crippen LogP contribution in [0.1, 0.15) is 50.0 Å². The molecule has 4 rings (SSSR count). The minimum atomic E-state index is -1.26. The minimum Gasteiger partial charge on any atom is -0.481 e. The van der Waals surface area contributed by atoms with Gasteiger partial charge in [0, 0.05) is 22.5 Å². The van der Waals surface area contributed by atoms with Gasteiger partial charge < -0.3 is 15.5 Å². The van der Waals surface area contributed by atoms with Crippen LogP contribution in [-0.4, -0.2) is 39.7 Å². The van der Waals surface area contributed by atoms with E-state index >= 15 is 0 Å². The molecule has 2 aromatic rings. The Morgan fingerprint density at radius 2 is 1.97 bits per heavy atom. The first kappa shape index (κ1) is 22.2. The van der Waals surface area contributed by atoms with Gasteiger partial charge >= 0.3 is 5.97 Å². The fraction of sp³-hybridized carbons (Fsp3) is 0.522. The number of nitrogens with zero attached hydrogens (tertiary/aromatic N) is 1. The maximum atomic E-state index is 13.6. The van der Waals surface area contributed by atoms with Crippen molar-refractivity contribution in [2.45, 2.75) is 56.5 Å². The second-order valence-electron chi connectivity index (χ2n) is 8.65. The fourth-order valence-electron chi connectivity index (χ4n) is 5.31. The van der Waals surface area contributed by atoms with Crippen molar-refractivity contribution < 1.29 is 19.8 Å². The third-order valence-corrected chi connectivity index (χ3v) is 8.13. The molecule has 1 saturated heterocycles. The highest BCUT2D eigenvalue weighted by Crippen LogP contribution is 2.50. The zero-order valence-electron chi connectivity index (χ0n) is 17.2. The number of hydrogen-bond donors (Lipinski definition) is 3. The van der Waals surface area contributed by atoms with Crippen LogP contribution < -0.4 is 5.32 Å². The van der Waals surface area contributed by atoms with Crippen molar-refractivity contribution in [1.29, 1.82) is 0 Å². The van der Waals surface area contributed by atoms with Crippen LogP contribution in [0.25, 0.3) is 11.3 Å². The lowest BCUT2D eigenvalue weighted by Gasteiger charge is -2.42. The van der Waals surface area contributed by atoms with Gasteiger partial charge in [-0.25, -0.2) is 4.98 Å². The molecule has 0 bridgehead atoms.